The molecule has 18 heavy (non-hydrogen) atoms. The SMILES string of the molecule is OC[C@H]1OC(OC2CCCCC2)[C@H](O)[C@@H](O)[C@H]1O. The number of hydrogen-bond donors (Lipinski definition) is 4. The summed E-state index contributed by atoms with van der Waals surface area (Å²) in [6.45, 7) is -0.421. The average Bonchev–Trinajstić information content (AvgIpc) is 2.40. The molecule has 6 nitrogen and oxygen atoms in total. The lowest BCUT2D eigenvalue weighted by atomic mass is 9.96. The molecule has 0 spiro atoms. The summed E-state index contributed by atoms with van der Waals surface area (Å²) in [4.78, 5) is 0. The van der Waals surface area contributed by atoms with E-state index in [1.807, 2.05) is 0 Å². The van der Waals surface area contributed by atoms with Crippen molar-refractivity contribution in [3.05, 3.63) is 0 Å². The minimum absolute atomic E-state index is 0.0141. The van der Waals surface area contributed by atoms with Crippen LogP contribution in [-0.2, 0) is 9.47 Å². The lowest BCUT2D eigenvalue weighted by Crippen LogP contribution is -2.59. The minimum Gasteiger partial charge on any atom is -0.394 e. The Labute approximate surface area is 106 Å². The second-order valence-corrected chi connectivity index (χ2v) is 5.09. The molecule has 6 heteroatoms. The van der Waals surface area contributed by atoms with E-state index in [9.17, 15) is 15.3 Å². The molecular weight excluding hydrogens is 240 g/mol. The van der Waals surface area contributed by atoms with E-state index in [2.05, 4.69) is 0 Å². The van der Waals surface area contributed by atoms with E-state index in [0.717, 1.165) is 25.7 Å². The quantitative estimate of drug-likeness (QED) is 0.528. The monoisotopic (exact) mass is 262 g/mol. The third-order valence-electron chi connectivity index (χ3n) is 3.73. The Morgan fingerprint density at radius 3 is 2.22 bits per heavy atom. The third-order valence-corrected chi connectivity index (χ3v) is 3.73. The lowest BCUT2D eigenvalue weighted by molar-refractivity contribution is -0.312. The summed E-state index contributed by atoms with van der Waals surface area (Å²) < 4.78 is 10.9. The zero-order valence-corrected chi connectivity index (χ0v) is 10.3. The summed E-state index contributed by atoms with van der Waals surface area (Å²) in [7, 11) is 0. The van der Waals surface area contributed by atoms with Gasteiger partial charge in [-0.3, -0.25) is 0 Å². The standard InChI is InChI=1S/C12H22O6/c13-6-8-9(14)10(15)11(16)12(18-8)17-7-4-2-1-3-5-7/h7-16H,1-6H2/t8-,9+,10+,11-,12?/m1/s1. The highest BCUT2D eigenvalue weighted by Gasteiger charge is 2.44. The van der Waals surface area contributed by atoms with Crippen LogP contribution in [0.15, 0.2) is 0 Å². The van der Waals surface area contributed by atoms with Crippen molar-refractivity contribution < 1.29 is 29.9 Å². The molecule has 106 valence electrons. The van der Waals surface area contributed by atoms with Crippen LogP contribution >= 0.6 is 0 Å². The van der Waals surface area contributed by atoms with Gasteiger partial charge in [-0.1, -0.05) is 19.3 Å². The van der Waals surface area contributed by atoms with Crippen molar-refractivity contribution in [1.29, 1.82) is 0 Å². The molecule has 2 fully saturated rings. The minimum atomic E-state index is -1.36. The molecule has 1 aliphatic carbocycles. The van der Waals surface area contributed by atoms with E-state index in [1.54, 1.807) is 0 Å². The van der Waals surface area contributed by atoms with E-state index >= 15 is 0 Å². The largest absolute Gasteiger partial charge is 0.394 e. The molecule has 0 bridgehead atoms. The highest BCUT2D eigenvalue weighted by atomic mass is 16.7. The van der Waals surface area contributed by atoms with Gasteiger partial charge in [0.05, 0.1) is 12.7 Å². The Morgan fingerprint density at radius 2 is 1.61 bits per heavy atom. The highest BCUT2D eigenvalue weighted by molar-refractivity contribution is 4.89. The van der Waals surface area contributed by atoms with Gasteiger partial charge in [-0.2, -0.15) is 0 Å². The Kier molecular flexibility index (Phi) is 4.94. The fourth-order valence-electron chi connectivity index (χ4n) is 2.57. The summed E-state index contributed by atoms with van der Waals surface area (Å²) in [6, 6.07) is 0. The maximum atomic E-state index is 9.81. The van der Waals surface area contributed by atoms with Gasteiger partial charge in [0.2, 0.25) is 0 Å². The molecule has 2 rings (SSSR count). The van der Waals surface area contributed by atoms with Crippen molar-refractivity contribution in [3.8, 4) is 0 Å². The van der Waals surface area contributed by atoms with Crippen LogP contribution in [0.3, 0.4) is 0 Å². The van der Waals surface area contributed by atoms with E-state index in [4.69, 9.17) is 14.6 Å². The van der Waals surface area contributed by atoms with Crippen molar-refractivity contribution in [3.63, 3.8) is 0 Å². The van der Waals surface area contributed by atoms with Crippen molar-refractivity contribution in [2.45, 2.75) is 68.9 Å². The molecule has 4 N–H and O–H groups in total. The summed E-state index contributed by atoms with van der Waals surface area (Å²) in [6.07, 6.45) is -0.644. The number of ether oxygens (including phenoxy) is 2. The summed E-state index contributed by atoms with van der Waals surface area (Å²) in [5.74, 6) is 0. The molecule has 0 aromatic heterocycles. The molecule has 1 unspecified atom stereocenters. The van der Waals surface area contributed by atoms with Crippen molar-refractivity contribution in [2.75, 3.05) is 6.61 Å². The van der Waals surface area contributed by atoms with Crippen LogP contribution in [0.1, 0.15) is 32.1 Å². The fourth-order valence-corrected chi connectivity index (χ4v) is 2.57. The van der Waals surface area contributed by atoms with Crippen LogP contribution in [0.5, 0.6) is 0 Å². The normalized spacial score (nSPS) is 43.0. The van der Waals surface area contributed by atoms with Gasteiger partial charge in [0.25, 0.3) is 0 Å². The maximum Gasteiger partial charge on any atom is 0.186 e. The molecule has 1 saturated heterocycles. The average molecular weight is 262 g/mol. The van der Waals surface area contributed by atoms with Gasteiger partial charge in [0, 0.05) is 0 Å². The second kappa shape index (κ2) is 6.27. The zero-order chi connectivity index (χ0) is 13.1. The van der Waals surface area contributed by atoms with Gasteiger partial charge in [-0.15, -0.1) is 0 Å². The van der Waals surface area contributed by atoms with Crippen molar-refractivity contribution in [1.82, 2.24) is 0 Å². The van der Waals surface area contributed by atoms with Gasteiger partial charge in [0.1, 0.15) is 24.4 Å². The highest BCUT2D eigenvalue weighted by Crippen LogP contribution is 2.27. The van der Waals surface area contributed by atoms with E-state index in [1.165, 1.54) is 6.42 Å². The number of aliphatic hydroxyl groups is 4. The smallest absolute Gasteiger partial charge is 0.186 e. The number of aliphatic hydroxyl groups excluding tert-OH is 4. The first-order chi connectivity index (χ1) is 8.63. The third kappa shape index (κ3) is 3.01. The summed E-state index contributed by atoms with van der Waals surface area (Å²) >= 11 is 0. The molecule has 2 aliphatic rings. The van der Waals surface area contributed by atoms with Gasteiger partial charge < -0.3 is 29.9 Å². The molecule has 0 amide bonds. The zero-order valence-electron chi connectivity index (χ0n) is 10.3. The van der Waals surface area contributed by atoms with Gasteiger partial charge in [-0.25, -0.2) is 0 Å². The van der Waals surface area contributed by atoms with E-state index < -0.39 is 37.3 Å². The Morgan fingerprint density at radius 1 is 0.944 bits per heavy atom. The predicted octanol–water partition coefficient (Wildman–Crippen LogP) is -0.864. The molecule has 1 aliphatic heterocycles. The first kappa shape index (κ1) is 14.2. The first-order valence-electron chi connectivity index (χ1n) is 6.59. The Balaban J connectivity index is 1.93. The molecule has 1 saturated carbocycles. The number of rotatable bonds is 3. The fraction of sp³-hybridized carbons (Fsp3) is 1.00. The van der Waals surface area contributed by atoms with Crippen molar-refractivity contribution >= 4 is 0 Å². The predicted molar refractivity (Wildman–Crippen MR) is 61.7 cm³/mol. The van der Waals surface area contributed by atoms with Crippen LogP contribution in [0.4, 0.5) is 0 Å². The summed E-state index contributed by atoms with van der Waals surface area (Å²) in [5.41, 5.74) is 0. The van der Waals surface area contributed by atoms with Crippen LogP contribution in [0, 0.1) is 0 Å². The molecule has 0 aromatic rings. The molecule has 0 radical (unpaired) electrons. The topological polar surface area (TPSA) is 99.4 Å². The van der Waals surface area contributed by atoms with Crippen LogP contribution < -0.4 is 0 Å². The van der Waals surface area contributed by atoms with Crippen LogP contribution in [-0.4, -0.2) is 63.8 Å². The molecule has 1 heterocycles. The Bertz CT molecular complexity index is 253. The first-order valence-corrected chi connectivity index (χ1v) is 6.59. The van der Waals surface area contributed by atoms with Crippen LogP contribution in [0.2, 0.25) is 0 Å². The molecular formula is C12H22O6. The van der Waals surface area contributed by atoms with Gasteiger partial charge in [-0.05, 0) is 12.8 Å². The van der Waals surface area contributed by atoms with Gasteiger partial charge in [0.15, 0.2) is 6.29 Å². The van der Waals surface area contributed by atoms with E-state index in [-0.39, 0.29) is 6.10 Å². The molecule has 0 aromatic carbocycles. The van der Waals surface area contributed by atoms with Crippen LogP contribution in [0.25, 0.3) is 0 Å². The summed E-state index contributed by atoms with van der Waals surface area (Å²) in [5, 5.41) is 38.1. The second-order valence-electron chi connectivity index (χ2n) is 5.09. The number of hydrogen-bond acceptors (Lipinski definition) is 6. The molecule has 5 atom stereocenters. The maximum absolute atomic E-state index is 9.81. The van der Waals surface area contributed by atoms with Gasteiger partial charge >= 0.3 is 0 Å². The lowest BCUT2D eigenvalue weighted by Gasteiger charge is -2.41. The Hall–Kier alpha value is -0.240. The van der Waals surface area contributed by atoms with E-state index in [0.29, 0.717) is 0 Å². The van der Waals surface area contributed by atoms with Crippen molar-refractivity contribution in [2.24, 2.45) is 0 Å².